The summed E-state index contributed by atoms with van der Waals surface area (Å²) in [7, 11) is 0. The number of aromatic nitrogens is 2. The summed E-state index contributed by atoms with van der Waals surface area (Å²) in [6, 6.07) is 19.6. The molecule has 7 heteroatoms. The van der Waals surface area contributed by atoms with Crippen molar-refractivity contribution < 1.29 is 14.3 Å². The molecular formula is C27H28N4O3. The molecule has 3 N–H and O–H groups in total. The van der Waals surface area contributed by atoms with Gasteiger partial charge >= 0.3 is 0 Å². The Labute approximate surface area is 198 Å². The summed E-state index contributed by atoms with van der Waals surface area (Å²) in [4.78, 5) is 29.6. The first-order chi connectivity index (χ1) is 16.6. The zero-order valence-corrected chi connectivity index (χ0v) is 19.1. The summed E-state index contributed by atoms with van der Waals surface area (Å²) in [5.41, 5.74) is 4.81. The Morgan fingerprint density at radius 1 is 1.09 bits per heavy atom. The normalized spacial score (nSPS) is 13.9. The van der Waals surface area contributed by atoms with E-state index in [1.54, 1.807) is 6.07 Å². The lowest BCUT2D eigenvalue weighted by Crippen LogP contribution is -2.30. The molecule has 3 heterocycles. The Morgan fingerprint density at radius 2 is 1.94 bits per heavy atom. The third-order valence-electron chi connectivity index (χ3n) is 6.37. The van der Waals surface area contributed by atoms with Crippen LogP contribution in [0.5, 0.6) is 0 Å². The maximum atomic E-state index is 13.3. The molecule has 2 amide bonds. The molecule has 1 atom stereocenters. The molecule has 0 bridgehead atoms. The monoisotopic (exact) mass is 456 g/mol. The van der Waals surface area contributed by atoms with E-state index in [2.05, 4.69) is 15.6 Å². The molecule has 1 unspecified atom stereocenters. The average Bonchev–Trinajstić information content (AvgIpc) is 3.51. The van der Waals surface area contributed by atoms with Gasteiger partial charge in [0.1, 0.15) is 5.69 Å². The molecule has 1 aliphatic rings. The maximum Gasteiger partial charge on any atom is 0.268 e. The van der Waals surface area contributed by atoms with Crippen LogP contribution in [0.2, 0.25) is 0 Å². The van der Waals surface area contributed by atoms with Crippen molar-refractivity contribution in [3.8, 4) is 0 Å². The number of nitrogens with one attached hydrogen (secondary N) is 3. The van der Waals surface area contributed by atoms with E-state index in [1.807, 2.05) is 72.3 Å². The second-order valence-corrected chi connectivity index (χ2v) is 8.52. The lowest BCUT2D eigenvalue weighted by atomic mass is 10.0. The van der Waals surface area contributed by atoms with Crippen molar-refractivity contribution in [3.05, 3.63) is 94.9 Å². The number of H-pyrrole nitrogens is 1. The highest BCUT2D eigenvalue weighted by molar-refractivity contribution is 6.01. The van der Waals surface area contributed by atoms with Crippen molar-refractivity contribution in [1.29, 1.82) is 0 Å². The second kappa shape index (κ2) is 9.57. The van der Waals surface area contributed by atoms with Gasteiger partial charge in [0.15, 0.2) is 0 Å². The summed E-state index contributed by atoms with van der Waals surface area (Å²) >= 11 is 0. The van der Waals surface area contributed by atoms with E-state index in [9.17, 15) is 9.59 Å². The smallest absolute Gasteiger partial charge is 0.268 e. The number of rotatable bonds is 7. The van der Waals surface area contributed by atoms with Gasteiger partial charge in [0, 0.05) is 24.8 Å². The number of hydrogen-bond donors (Lipinski definition) is 3. The van der Waals surface area contributed by atoms with Crippen LogP contribution in [0.25, 0.3) is 10.9 Å². The summed E-state index contributed by atoms with van der Waals surface area (Å²) in [6.07, 6.45) is 2.66. The van der Waals surface area contributed by atoms with Crippen LogP contribution < -0.4 is 10.6 Å². The molecule has 0 aliphatic carbocycles. The maximum absolute atomic E-state index is 13.3. The Morgan fingerprint density at radius 3 is 2.76 bits per heavy atom. The van der Waals surface area contributed by atoms with Crippen molar-refractivity contribution in [2.24, 2.45) is 0 Å². The molecule has 1 aliphatic heterocycles. The molecular weight excluding hydrogens is 428 g/mol. The van der Waals surface area contributed by atoms with Gasteiger partial charge in [0.2, 0.25) is 0 Å². The fourth-order valence-electron chi connectivity index (χ4n) is 4.53. The van der Waals surface area contributed by atoms with Crippen LogP contribution in [0.1, 0.15) is 57.1 Å². The molecule has 7 nitrogen and oxygen atoms in total. The number of amides is 2. The minimum absolute atomic E-state index is 0.103. The topological polar surface area (TPSA) is 88.2 Å². The van der Waals surface area contributed by atoms with Crippen LogP contribution in [0, 0.1) is 0 Å². The predicted molar refractivity (Wildman–Crippen MR) is 130 cm³/mol. The first-order valence-corrected chi connectivity index (χ1v) is 11.6. The molecule has 2 aromatic heterocycles. The molecule has 34 heavy (non-hydrogen) atoms. The standard InChI is InChI=1S/C27H28N4O3/c1-2-22(19-6-4-3-5-7-19)30-26(32)21-15-24(31-12-13-34-17-25(21)31)27(33)29-16-18-8-9-20-10-11-28-23(20)14-18/h3-11,14-15,22,28H,2,12-13,16-17H2,1H3,(H,29,33)(H,30,32). The van der Waals surface area contributed by atoms with Crippen LogP contribution in [0.3, 0.4) is 0 Å². The van der Waals surface area contributed by atoms with Crippen molar-refractivity contribution in [2.45, 2.75) is 39.1 Å². The average molecular weight is 457 g/mol. The SMILES string of the molecule is CCC(NC(=O)c1cc(C(=O)NCc2ccc3cc[nH]c3c2)n2c1COCC2)c1ccccc1. The third kappa shape index (κ3) is 4.34. The van der Waals surface area contributed by atoms with E-state index in [0.29, 0.717) is 37.6 Å². The zero-order valence-electron chi connectivity index (χ0n) is 19.1. The van der Waals surface area contributed by atoms with Crippen molar-refractivity contribution in [3.63, 3.8) is 0 Å². The lowest BCUT2D eigenvalue weighted by molar-refractivity contribution is 0.0776. The lowest BCUT2D eigenvalue weighted by Gasteiger charge is -2.20. The first-order valence-electron chi connectivity index (χ1n) is 11.6. The van der Waals surface area contributed by atoms with Gasteiger partial charge in [-0.25, -0.2) is 0 Å². The van der Waals surface area contributed by atoms with Gasteiger partial charge in [-0.2, -0.15) is 0 Å². The molecule has 0 fully saturated rings. The van der Waals surface area contributed by atoms with Crippen molar-refractivity contribution >= 4 is 22.7 Å². The van der Waals surface area contributed by atoms with E-state index in [1.165, 1.54) is 0 Å². The minimum atomic E-state index is -0.205. The van der Waals surface area contributed by atoms with Crippen LogP contribution in [-0.2, 0) is 24.4 Å². The van der Waals surface area contributed by atoms with E-state index >= 15 is 0 Å². The Hall–Kier alpha value is -3.84. The Balaban J connectivity index is 1.35. The van der Waals surface area contributed by atoms with E-state index < -0.39 is 0 Å². The largest absolute Gasteiger partial charge is 0.373 e. The molecule has 174 valence electrons. The summed E-state index contributed by atoms with van der Waals surface area (Å²) < 4.78 is 7.53. The van der Waals surface area contributed by atoms with Gasteiger partial charge in [-0.15, -0.1) is 0 Å². The Bertz CT molecular complexity index is 1320. The molecule has 5 rings (SSSR count). The number of carbonyl (C=O) groups excluding carboxylic acids is 2. The quantitative estimate of drug-likeness (QED) is 0.387. The summed E-state index contributed by atoms with van der Waals surface area (Å²) in [5.74, 6) is -0.398. The van der Waals surface area contributed by atoms with Crippen LogP contribution in [0.15, 0.2) is 66.9 Å². The van der Waals surface area contributed by atoms with Gasteiger partial charge in [0.05, 0.1) is 30.5 Å². The van der Waals surface area contributed by atoms with E-state index in [-0.39, 0.29) is 17.9 Å². The Kier molecular flexibility index (Phi) is 6.18. The van der Waals surface area contributed by atoms with Gasteiger partial charge < -0.3 is 24.9 Å². The van der Waals surface area contributed by atoms with Crippen molar-refractivity contribution in [2.75, 3.05) is 6.61 Å². The third-order valence-corrected chi connectivity index (χ3v) is 6.37. The van der Waals surface area contributed by atoms with Crippen LogP contribution in [0.4, 0.5) is 0 Å². The van der Waals surface area contributed by atoms with Gasteiger partial charge in [-0.1, -0.05) is 49.4 Å². The number of hydrogen-bond acceptors (Lipinski definition) is 3. The first kappa shape index (κ1) is 22.0. The highest BCUT2D eigenvalue weighted by Crippen LogP contribution is 2.23. The van der Waals surface area contributed by atoms with E-state index in [0.717, 1.165) is 34.1 Å². The predicted octanol–water partition coefficient (Wildman–Crippen LogP) is 4.31. The molecule has 0 saturated heterocycles. The highest BCUT2D eigenvalue weighted by atomic mass is 16.5. The molecule has 0 radical (unpaired) electrons. The number of benzene rings is 2. The summed E-state index contributed by atoms with van der Waals surface area (Å²) in [6.45, 7) is 3.80. The fraction of sp³-hybridized carbons (Fsp3) is 0.259. The number of nitrogens with zero attached hydrogens (tertiary/aromatic N) is 1. The van der Waals surface area contributed by atoms with E-state index in [4.69, 9.17) is 4.74 Å². The van der Waals surface area contributed by atoms with Gasteiger partial charge in [-0.05, 0) is 41.1 Å². The number of fused-ring (bicyclic) bond motifs is 2. The second-order valence-electron chi connectivity index (χ2n) is 8.52. The molecule has 0 spiro atoms. The molecule has 4 aromatic rings. The van der Waals surface area contributed by atoms with Crippen LogP contribution in [-0.4, -0.2) is 28.0 Å². The minimum Gasteiger partial charge on any atom is -0.373 e. The van der Waals surface area contributed by atoms with Crippen molar-refractivity contribution in [1.82, 2.24) is 20.2 Å². The van der Waals surface area contributed by atoms with Gasteiger partial charge in [-0.3, -0.25) is 9.59 Å². The molecule has 0 saturated carbocycles. The number of aromatic amines is 1. The number of carbonyl (C=O) groups is 2. The van der Waals surface area contributed by atoms with Gasteiger partial charge in [0.25, 0.3) is 11.8 Å². The summed E-state index contributed by atoms with van der Waals surface area (Å²) in [5, 5.41) is 7.27. The fourth-order valence-corrected chi connectivity index (χ4v) is 4.53. The highest BCUT2D eigenvalue weighted by Gasteiger charge is 2.27. The number of ether oxygens (including phenoxy) is 1. The zero-order chi connectivity index (χ0) is 23.5. The van der Waals surface area contributed by atoms with Crippen LogP contribution >= 0.6 is 0 Å². The molecule has 2 aromatic carbocycles.